The number of carbonyl (C=O) groups is 1. The topological polar surface area (TPSA) is 116 Å². The maximum absolute atomic E-state index is 12.9. The molecule has 1 saturated carbocycles. The molecule has 0 radical (unpaired) electrons. The summed E-state index contributed by atoms with van der Waals surface area (Å²) in [5.74, 6) is -0.497. The van der Waals surface area contributed by atoms with Crippen LogP contribution in [-0.2, 0) is 14.9 Å². The molecule has 0 unspecified atom stereocenters. The highest BCUT2D eigenvalue weighted by molar-refractivity contribution is 5.86. The second kappa shape index (κ2) is 9.98. The van der Waals surface area contributed by atoms with Gasteiger partial charge in [-0.1, -0.05) is 6.42 Å². The van der Waals surface area contributed by atoms with E-state index in [1.807, 2.05) is 0 Å². The molecule has 1 aliphatic carbocycles. The van der Waals surface area contributed by atoms with E-state index in [0.717, 1.165) is 12.5 Å². The molecular formula is C19H28ClN3O6. The first-order valence-corrected chi connectivity index (χ1v) is 9.46. The van der Waals surface area contributed by atoms with E-state index < -0.39 is 26.9 Å². The number of esters is 1. The molecule has 0 heterocycles. The van der Waals surface area contributed by atoms with Gasteiger partial charge in [0.2, 0.25) is 0 Å². The molecule has 162 valence electrons. The zero-order valence-corrected chi connectivity index (χ0v) is 17.9. The van der Waals surface area contributed by atoms with Crippen molar-refractivity contribution in [2.75, 3.05) is 13.2 Å². The summed E-state index contributed by atoms with van der Waals surface area (Å²) in [5, 5.41) is 22.4. The Morgan fingerprint density at radius 3 is 2.14 bits per heavy atom. The summed E-state index contributed by atoms with van der Waals surface area (Å²) in [4.78, 5) is 36.1. The number of benzene rings is 1. The summed E-state index contributed by atoms with van der Waals surface area (Å²) in [5.41, 5.74) is -1.68. The van der Waals surface area contributed by atoms with Crippen molar-refractivity contribution in [1.29, 1.82) is 0 Å². The van der Waals surface area contributed by atoms with E-state index in [9.17, 15) is 25.0 Å². The van der Waals surface area contributed by atoms with Crippen LogP contribution in [0, 0.1) is 20.2 Å². The Kier molecular flexibility index (Phi) is 8.52. The minimum Gasteiger partial charge on any atom is -0.464 e. The smallest absolute Gasteiger partial charge is 0.316 e. The first kappa shape index (κ1) is 24.8. The molecule has 0 atom stereocenters. The Bertz CT molecular complexity index is 756. The first-order chi connectivity index (χ1) is 13.1. The molecule has 0 aromatic heterocycles. The number of nitro benzene ring substituents is 2. The molecule has 10 heteroatoms. The molecule has 2 rings (SSSR count). The van der Waals surface area contributed by atoms with Crippen LogP contribution in [0.5, 0.6) is 0 Å². The summed E-state index contributed by atoms with van der Waals surface area (Å²) in [6, 6.07) is 4.04. The van der Waals surface area contributed by atoms with E-state index in [1.165, 1.54) is 12.1 Å². The summed E-state index contributed by atoms with van der Waals surface area (Å²) >= 11 is 0. The SMILES string of the molecule is CC(C)N(CCOC(=O)C1(c2ccc([N+](=O)[O-])cc2[N+](=O)[O-])CCC1)C(C)C.Cl. The van der Waals surface area contributed by atoms with Crippen LogP contribution in [-0.4, -0.2) is 46.0 Å². The van der Waals surface area contributed by atoms with Crippen molar-refractivity contribution in [3.63, 3.8) is 0 Å². The van der Waals surface area contributed by atoms with Gasteiger partial charge in [0.25, 0.3) is 11.4 Å². The van der Waals surface area contributed by atoms with Gasteiger partial charge in [0.1, 0.15) is 6.61 Å². The van der Waals surface area contributed by atoms with Gasteiger partial charge in [0.15, 0.2) is 0 Å². The standard InChI is InChI=1S/C19H27N3O6.ClH/c1-13(2)20(14(3)4)10-11-28-18(23)19(8-5-9-19)16-7-6-15(21(24)25)12-17(16)22(26)27;/h6-7,12-14H,5,8-11H2,1-4H3;1H. The van der Waals surface area contributed by atoms with Crippen LogP contribution in [0.2, 0.25) is 0 Å². The summed E-state index contributed by atoms with van der Waals surface area (Å²) in [6.45, 7) is 9.02. The van der Waals surface area contributed by atoms with Crippen LogP contribution < -0.4 is 0 Å². The highest BCUT2D eigenvalue weighted by Crippen LogP contribution is 2.48. The summed E-state index contributed by atoms with van der Waals surface area (Å²) in [6.07, 6.45) is 1.61. The van der Waals surface area contributed by atoms with Gasteiger partial charge in [0, 0.05) is 30.3 Å². The number of ether oxygens (including phenoxy) is 1. The van der Waals surface area contributed by atoms with Crippen LogP contribution in [0.1, 0.15) is 52.5 Å². The third-order valence-electron chi connectivity index (χ3n) is 5.41. The Morgan fingerprint density at radius 2 is 1.72 bits per heavy atom. The molecule has 0 bridgehead atoms. The van der Waals surface area contributed by atoms with Crippen molar-refractivity contribution >= 4 is 29.8 Å². The Morgan fingerprint density at radius 1 is 1.14 bits per heavy atom. The highest BCUT2D eigenvalue weighted by atomic mass is 35.5. The Hall–Kier alpha value is -2.26. The fourth-order valence-electron chi connectivity index (χ4n) is 3.80. The monoisotopic (exact) mass is 429 g/mol. The molecule has 0 amide bonds. The van der Waals surface area contributed by atoms with Crippen molar-refractivity contribution in [3.05, 3.63) is 44.0 Å². The fourth-order valence-corrected chi connectivity index (χ4v) is 3.80. The van der Waals surface area contributed by atoms with Gasteiger partial charge in [-0.3, -0.25) is 29.9 Å². The van der Waals surface area contributed by atoms with E-state index in [1.54, 1.807) is 0 Å². The number of hydrogen-bond donors (Lipinski definition) is 0. The average Bonchev–Trinajstić information content (AvgIpc) is 2.56. The number of carbonyl (C=O) groups excluding carboxylic acids is 1. The second-order valence-electron chi connectivity index (χ2n) is 7.71. The fraction of sp³-hybridized carbons (Fsp3) is 0.632. The normalized spacial score (nSPS) is 15.0. The van der Waals surface area contributed by atoms with E-state index in [2.05, 4.69) is 32.6 Å². The molecule has 1 aromatic rings. The lowest BCUT2D eigenvalue weighted by atomic mass is 9.64. The average molecular weight is 430 g/mol. The van der Waals surface area contributed by atoms with Gasteiger partial charge in [-0.25, -0.2) is 0 Å². The number of hydrogen-bond acceptors (Lipinski definition) is 7. The van der Waals surface area contributed by atoms with Crippen LogP contribution in [0.4, 0.5) is 11.4 Å². The number of nitrogens with zero attached hydrogens (tertiary/aromatic N) is 3. The van der Waals surface area contributed by atoms with Gasteiger partial charge in [-0.05, 0) is 46.6 Å². The number of rotatable bonds is 9. The van der Waals surface area contributed by atoms with Gasteiger partial charge in [0.05, 0.1) is 21.3 Å². The van der Waals surface area contributed by atoms with Crippen molar-refractivity contribution in [3.8, 4) is 0 Å². The van der Waals surface area contributed by atoms with Crippen LogP contribution >= 0.6 is 12.4 Å². The summed E-state index contributed by atoms with van der Waals surface area (Å²) in [7, 11) is 0. The van der Waals surface area contributed by atoms with Crippen molar-refractivity contribution in [1.82, 2.24) is 4.90 Å². The zero-order chi connectivity index (χ0) is 21.1. The Labute approximate surface area is 176 Å². The second-order valence-corrected chi connectivity index (χ2v) is 7.71. The number of nitro groups is 2. The minimum atomic E-state index is -1.10. The van der Waals surface area contributed by atoms with Crippen LogP contribution in [0.15, 0.2) is 18.2 Å². The van der Waals surface area contributed by atoms with Gasteiger partial charge in [-0.15, -0.1) is 12.4 Å². The molecule has 9 nitrogen and oxygen atoms in total. The third-order valence-corrected chi connectivity index (χ3v) is 5.41. The molecule has 1 aromatic carbocycles. The van der Waals surface area contributed by atoms with Crippen molar-refractivity contribution < 1.29 is 19.4 Å². The minimum absolute atomic E-state index is 0. The lowest BCUT2D eigenvalue weighted by molar-refractivity contribution is -0.395. The van der Waals surface area contributed by atoms with E-state index >= 15 is 0 Å². The molecule has 1 aliphatic rings. The Balaban J connectivity index is 0.00000420. The zero-order valence-electron chi connectivity index (χ0n) is 17.1. The lowest BCUT2D eigenvalue weighted by Crippen LogP contribution is -2.45. The number of halogens is 1. The van der Waals surface area contributed by atoms with E-state index in [-0.39, 0.29) is 30.3 Å². The largest absolute Gasteiger partial charge is 0.464 e. The quantitative estimate of drug-likeness (QED) is 0.330. The molecular weight excluding hydrogens is 402 g/mol. The van der Waals surface area contributed by atoms with Gasteiger partial charge >= 0.3 is 5.97 Å². The van der Waals surface area contributed by atoms with Crippen molar-refractivity contribution in [2.24, 2.45) is 0 Å². The first-order valence-electron chi connectivity index (χ1n) is 9.46. The molecule has 0 aliphatic heterocycles. The molecule has 29 heavy (non-hydrogen) atoms. The molecule has 0 N–H and O–H groups in total. The molecule has 0 saturated heterocycles. The molecule has 0 spiro atoms. The number of non-ortho nitro benzene ring substituents is 1. The molecule has 1 fully saturated rings. The van der Waals surface area contributed by atoms with E-state index in [0.29, 0.717) is 31.5 Å². The predicted molar refractivity (Wildman–Crippen MR) is 110 cm³/mol. The van der Waals surface area contributed by atoms with Crippen LogP contribution in [0.3, 0.4) is 0 Å². The van der Waals surface area contributed by atoms with Crippen molar-refractivity contribution in [2.45, 2.75) is 64.5 Å². The third kappa shape index (κ3) is 5.22. The predicted octanol–water partition coefficient (Wildman–Crippen LogP) is 4.01. The maximum Gasteiger partial charge on any atom is 0.316 e. The highest BCUT2D eigenvalue weighted by Gasteiger charge is 2.51. The van der Waals surface area contributed by atoms with Crippen LogP contribution in [0.25, 0.3) is 0 Å². The van der Waals surface area contributed by atoms with Gasteiger partial charge < -0.3 is 4.74 Å². The van der Waals surface area contributed by atoms with E-state index in [4.69, 9.17) is 4.74 Å². The maximum atomic E-state index is 12.9. The lowest BCUT2D eigenvalue weighted by Gasteiger charge is -2.39. The van der Waals surface area contributed by atoms with Gasteiger partial charge in [-0.2, -0.15) is 0 Å². The summed E-state index contributed by atoms with van der Waals surface area (Å²) < 4.78 is 5.51.